The molecule has 114 valence electrons. The van der Waals surface area contributed by atoms with E-state index >= 15 is 0 Å². The molecule has 2 aromatic rings. The van der Waals surface area contributed by atoms with Crippen molar-refractivity contribution >= 4 is 5.91 Å². The molecular weight excluding hydrogens is 285 g/mol. The number of benzene rings is 2. The van der Waals surface area contributed by atoms with Crippen molar-refractivity contribution < 1.29 is 18.7 Å². The first-order valence-corrected chi connectivity index (χ1v) is 7.04. The molecule has 0 aliphatic carbocycles. The van der Waals surface area contributed by atoms with Crippen LogP contribution in [0.2, 0.25) is 0 Å². The number of halogens is 1. The van der Waals surface area contributed by atoms with E-state index in [4.69, 9.17) is 9.47 Å². The first-order valence-electron chi connectivity index (χ1n) is 7.04. The van der Waals surface area contributed by atoms with Gasteiger partial charge in [-0.05, 0) is 18.2 Å². The molecule has 1 aliphatic rings. The summed E-state index contributed by atoms with van der Waals surface area (Å²) < 4.78 is 24.3. The highest BCUT2D eigenvalue weighted by atomic mass is 19.1. The molecule has 5 heteroatoms. The van der Waals surface area contributed by atoms with Crippen molar-refractivity contribution in [2.24, 2.45) is 0 Å². The predicted molar refractivity (Wildman–Crippen MR) is 79.8 cm³/mol. The standard InChI is InChI=1S/C17H16FNO3/c1-21-15-8-3-2-6-13(15)17(20)19-10-12-9-11-5-4-7-14(18)16(11)22-12/h2-8,12H,9-10H2,1H3,(H,19,20). The SMILES string of the molecule is COc1ccccc1C(=O)NCC1Cc2cccc(F)c2O1. The Hall–Kier alpha value is -2.56. The normalized spacial score (nSPS) is 15.8. The summed E-state index contributed by atoms with van der Waals surface area (Å²) in [5, 5.41) is 2.80. The summed E-state index contributed by atoms with van der Waals surface area (Å²) in [7, 11) is 1.52. The van der Waals surface area contributed by atoms with Gasteiger partial charge >= 0.3 is 0 Å². The largest absolute Gasteiger partial charge is 0.496 e. The highest BCUT2D eigenvalue weighted by molar-refractivity contribution is 5.96. The van der Waals surface area contributed by atoms with E-state index in [-0.39, 0.29) is 17.8 Å². The van der Waals surface area contributed by atoms with Gasteiger partial charge in [0.2, 0.25) is 0 Å². The lowest BCUT2D eigenvalue weighted by molar-refractivity contribution is 0.0930. The minimum Gasteiger partial charge on any atom is -0.496 e. The highest BCUT2D eigenvalue weighted by Crippen LogP contribution is 2.31. The minimum absolute atomic E-state index is 0.238. The lowest BCUT2D eigenvalue weighted by Crippen LogP contribution is -2.34. The molecule has 1 unspecified atom stereocenters. The van der Waals surface area contributed by atoms with Crippen LogP contribution >= 0.6 is 0 Å². The van der Waals surface area contributed by atoms with Crippen LogP contribution in [0.3, 0.4) is 0 Å². The Morgan fingerprint density at radius 3 is 2.91 bits per heavy atom. The summed E-state index contributed by atoms with van der Waals surface area (Å²) in [6.45, 7) is 0.311. The van der Waals surface area contributed by atoms with Crippen molar-refractivity contribution in [3.05, 3.63) is 59.4 Å². The summed E-state index contributed by atoms with van der Waals surface area (Å²) in [6.07, 6.45) is 0.324. The van der Waals surface area contributed by atoms with Crippen LogP contribution in [0.15, 0.2) is 42.5 Å². The third-order valence-corrected chi connectivity index (χ3v) is 3.62. The lowest BCUT2D eigenvalue weighted by atomic mass is 10.1. The average molecular weight is 301 g/mol. The maximum atomic E-state index is 13.6. The zero-order chi connectivity index (χ0) is 15.5. The third kappa shape index (κ3) is 2.74. The molecule has 1 amide bonds. The van der Waals surface area contributed by atoms with E-state index in [9.17, 15) is 9.18 Å². The van der Waals surface area contributed by atoms with Gasteiger partial charge in [0.05, 0.1) is 19.2 Å². The van der Waals surface area contributed by atoms with E-state index < -0.39 is 0 Å². The van der Waals surface area contributed by atoms with Crippen LogP contribution in [0.5, 0.6) is 11.5 Å². The molecule has 1 heterocycles. The van der Waals surface area contributed by atoms with Crippen LogP contribution < -0.4 is 14.8 Å². The summed E-state index contributed by atoms with van der Waals surface area (Å²) >= 11 is 0. The zero-order valence-corrected chi connectivity index (χ0v) is 12.1. The molecule has 0 saturated heterocycles. The van der Waals surface area contributed by atoms with Gasteiger partial charge in [-0.2, -0.15) is 0 Å². The molecule has 1 aliphatic heterocycles. The Balaban J connectivity index is 1.62. The second kappa shape index (κ2) is 6.05. The number of rotatable bonds is 4. The Morgan fingerprint density at radius 1 is 1.32 bits per heavy atom. The first kappa shape index (κ1) is 14.4. The predicted octanol–water partition coefficient (Wildman–Crippen LogP) is 2.57. The van der Waals surface area contributed by atoms with Crippen molar-refractivity contribution in [3.8, 4) is 11.5 Å². The van der Waals surface area contributed by atoms with Gasteiger partial charge in [0.25, 0.3) is 5.91 Å². The van der Waals surface area contributed by atoms with Crippen LogP contribution in [-0.2, 0) is 6.42 Å². The molecule has 0 bridgehead atoms. The topological polar surface area (TPSA) is 47.6 Å². The Morgan fingerprint density at radius 2 is 2.14 bits per heavy atom. The average Bonchev–Trinajstić information content (AvgIpc) is 2.97. The summed E-state index contributed by atoms with van der Waals surface area (Å²) in [5.41, 5.74) is 1.29. The van der Waals surface area contributed by atoms with Gasteiger partial charge in [-0.3, -0.25) is 4.79 Å². The Labute approximate surface area is 127 Å². The molecule has 3 rings (SSSR count). The van der Waals surface area contributed by atoms with E-state index in [0.717, 1.165) is 5.56 Å². The van der Waals surface area contributed by atoms with Crippen molar-refractivity contribution in [2.45, 2.75) is 12.5 Å². The number of hydrogen-bond donors (Lipinski definition) is 1. The third-order valence-electron chi connectivity index (χ3n) is 3.62. The maximum Gasteiger partial charge on any atom is 0.255 e. The van der Waals surface area contributed by atoms with Gasteiger partial charge in [-0.1, -0.05) is 24.3 Å². The smallest absolute Gasteiger partial charge is 0.255 e. The number of hydrogen-bond acceptors (Lipinski definition) is 3. The monoisotopic (exact) mass is 301 g/mol. The summed E-state index contributed by atoms with van der Waals surface area (Å²) in [6, 6.07) is 11.9. The highest BCUT2D eigenvalue weighted by Gasteiger charge is 2.26. The number of carbonyl (C=O) groups excluding carboxylic acids is 1. The molecule has 2 aromatic carbocycles. The van der Waals surface area contributed by atoms with Crippen LogP contribution in [-0.4, -0.2) is 25.7 Å². The van der Waals surface area contributed by atoms with Gasteiger partial charge in [0.1, 0.15) is 11.9 Å². The van der Waals surface area contributed by atoms with E-state index in [1.807, 2.05) is 6.07 Å². The number of carbonyl (C=O) groups is 1. The molecule has 0 fully saturated rings. The van der Waals surface area contributed by atoms with E-state index in [1.165, 1.54) is 13.2 Å². The molecule has 0 radical (unpaired) electrons. The fourth-order valence-corrected chi connectivity index (χ4v) is 2.55. The van der Waals surface area contributed by atoms with Crippen LogP contribution in [0.1, 0.15) is 15.9 Å². The number of ether oxygens (including phenoxy) is 2. The Kier molecular flexibility index (Phi) is 3.96. The van der Waals surface area contributed by atoms with Crippen LogP contribution in [0, 0.1) is 5.82 Å². The van der Waals surface area contributed by atoms with E-state index in [2.05, 4.69) is 5.32 Å². The molecule has 22 heavy (non-hydrogen) atoms. The van der Waals surface area contributed by atoms with E-state index in [0.29, 0.717) is 30.0 Å². The van der Waals surface area contributed by atoms with E-state index in [1.54, 1.807) is 30.3 Å². The first-order chi connectivity index (χ1) is 10.7. The number of methoxy groups -OCH3 is 1. The van der Waals surface area contributed by atoms with Crippen molar-refractivity contribution in [1.29, 1.82) is 0 Å². The molecule has 0 aromatic heterocycles. The molecular formula is C17H16FNO3. The summed E-state index contributed by atoms with van der Waals surface area (Å²) in [4.78, 5) is 12.2. The van der Waals surface area contributed by atoms with Gasteiger partial charge in [-0.15, -0.1) is 0 Å². The second-order valence-corrected chi connectivity index (χ2v) is 5.08. The van der Waals surface area contributed by atoms with Crippen LogP contribution in [0.4, 0.5) is 4.39 Å². The molecule has 0 spiro atoms. The van der Waals surface area contributed by atoms with Crippen molar-refractivity contribution in [2.75, 3.05) is 13.7 Å². The number of para-hydroxylation sites is 2. The fraction of sp³-hybridized carbons (Fsp3) is 0.235. The van der Waals surface area contributed by atoms with Gasteiger partial charge in [0.15, 0.2) is 11.6 Å². The van der Waals surface area contributed by atoms with Gasteiger partial charge in [0, 0.05) is 12.0 Å². The minimum atomic E-state index is -0.365. The number of amides is 1. The van der Waals surface area contributed by atoms with Crippen LogP contribution in [0.25, 0.3) is 0 Å². The molecule has 1 N–H and O–H groups in total. The molecule has 0 saturated carbocycles. The van der Waals surface area contributed by atoms with Crippen molar-refractivity contribution in [1.82, 2.24) is 5.32 Å². The van der Waals surface area contributed by atoms with Gasteiger partial charge < -0.3 is 14.8 Å². The maximum absolute atomic E-state index is 13.6. The Bertz CT molecular complexity index is 702. The quantitative estimate of drug-likeness (QED) is 0.944. The second-order valence-electron chi connectivity index (χ2n) is 5.08. The number of fused-ring (bicyclic) bond motifs is 1. The lowest BCUT2D eigenvalue weighted by Gasteiger charge is -2.13. The number of nitrogens with one attached hydrogen (secondary N) is 1. The fourth-order valence-electron chi connectivity index (χ4n) is 2.55. The van der Waals surface area contributed by atoms with Gasteiger partial charge in [-0.25, -0.2) is 4.39 Å². The molecule has 1 atom stereocenters. The summed E-state index contributed by atoms with van der Waals surface area (Å²) in [5.74, 6) is 0.203. The molecule has 4 nitrogen and oxygen atoms in total. The zero-order valence-electron chi connectivity index (χ0n) is 12.1. The van der Waals surface area contributed by atoms with Crippen molar-refractivity contribution in [3.63, 3.8) is 0 Å².